The van der Waals surface area contributed by atoms with Crippen molar-refractivity contribution in [2.24, 2.45) is 0 Å². The van der Waals surface area contributed by atoms with Gasteiger partial charge in [0.05, 0.1) is 30.2 Å². The van der Waals surface area contributed by atoms with Crippen molar-refractivity contribution in [2.75, 3.05) is 64.1 Å². The molecule has 1 aromatic carbocycles. The maximum Gasteiger partial charge on any atom is 0.253 e. The van der Waals surface area contributed by atoms with Crippen molar-refractivity contribution >= 4 is 17.3 Å². The molecule has 0 atom stereocenters. The number of hydrogen-bond donors (Lipinski definition) is 3. The van der Waals surface area contributed by atoms with Gasteiger partial charge in [-0.15, -0.1) is 0 Å². The number of carbonyl (C=O) groups is 1. The Kier molecular flexibility index (Phi) is 5.83. The van der Waals surface area contributed by atoms with E-state index in [1.165, 1.54) is 0 Å². The third kappa shape index (κ3) is 4.61. The fourth-order valence-electron chi connectivity index (χ4n) is 2.15. The minimum absolute atomic E-state index is 0.0701. The van der Waals surface area contributed by atoms with Crippen molar-refractivity contribution < 1.29 is 9.53 Å². The third-order valence-electron chi connectivity index (χ3n) is 3.27. The summed E-state index contributed by atoms with van der Waals surface area (Å²) in [5, 5.41) is 9.45. The van der Waals surface area contributed by atoms with E-state index in [-0.39, 0.29) is 5.91 Å². The highest BCUT2D eigenvalue weighted by Crippen LogP contribution is 2.27. The minimum Gasteiger partial charge on any atom is -0.382 e. The van der Waals surface area contributed by atoms with E-state index in [0.717, 1.165) is 31.0 Å². The van der Waals surface area contributed by atoms with E-state index in [1.807, 2.05) is 32.3 Å². The summed E-state index contributed by atoms with van der Waals surface area (Å²) < 4.78 is 5.46. The predicted molar refractivity (Wildman–Crippen MR) is 85.1 cm³/mol. The Morgan fingerprint density at radius 2 is 2.10 bits per heavy atom. The number of hydrogen-bond acceptors (Lipinski definition) is 5. The van der Waals surface area contributed by atoms with Crippen LogP contribution in [0.3, 0.4) is 0 Å². The molecule has 1 amide bonds. The van der Waals surface area contributed by atoms with Gasteiger partial charge in [0, 0.05) is 26.2 Å². The number of anilines is 2. The summed E-state index contributed by atoms with van der Waals surface area (Å²) in [6.45, 7) is 4.30. The molecule has 6 heteroatoms. The number of amides is 1. The van der Waals surface area contributed by atoms with Gasteiger partial charge >= 0.3 is 0 Å². The Balaban J connectivity index is 1.79. The van der Waals surface area contributed by atoms with Crippen LogP contribution in [0.5, 0.6) is 0 Å². The Hall–Kier alpha value is -1.79. The van der Waals surface area contributed by atoms with Crippen LogP contribution < -0.4 is 16.0 Å². The van der Waals surface area contributed by atoms with Crippen LogP contribution in [-0.2, 0) is 4.74 Å². The zero-order valence-corrected chi connectivity index (χ0v) is 12.7. The van der Waals surface area contributed by atoms with Gasteiger partial charge in [-0.05, 0) is 26.2 Å². The van der Waals surface area contributed by atoms with E-state index in [9.17, 15) is 4.79 Å². The average molecular weight is 292 g/mol. The van der Waals surface area contributed by atoms with Crippen molar-refractivity contribution in [1.82, 2.24) is 10.2 Å². The number of nitrogens with one attached hydrogen (secondary N) is 3. The van der Waals surface area contributed by atoms with Crippen molar-refractivity contribution in [2.45, 2.75) is 0 Å². The molecule has 0 aliphatic carbocycles. The van der Waals surface area contributed by atoms with E-state index in [1.54, 1.807) is 0 Å². The molecule has 0 spiro atoms. The fourth-order valence-corrected chi connectivity index (χ4v) is 2.15. The molecule has 0 fully saturated rings. The molecule has 21 heavy (non-hydrogen) atoms. The van der Waals surface area contributed by atoms with Gasteiger partial charge in [-0.2, -0.15) is 0 Å². The summed E-state index contributed by atoms with van der Waals surface area (Å²) in [6.07, 6.45) is 0. The van der Waals surface area contributed by atoms with Crippen molar-refractivity contribution in [3.05, 3.63) is 23.8 Å². The van der Waals surface area contributed by atoms with Gasteiger partial charge in [-0.1, -0.05) is 6.07 Å². The first kappa shape index (κ1) is 15.6. The summed E-state index contributed by atoms with van der Waals surface area (Å²) in [4.78, 5) is 14.3. The van der Waals surface area contributed by atoms with Crippen LogP contribution in [0.2, 0.25) is 0 Å². The van der Waals surface area contributed by atoms with Crippen molar-refractivity contribution in [3.63, 3.8) is 0 Å². The molecule has 2 rings (SSSR count). The first-order valence-electron chi connectivity index (χ1n) is 7.30. The van der Waals surface area contributed by atoms with Crippen LogP contribution in [0, 0.1) is 0 Å². The lowest BCUT2D eigenvalue weighted by Crippen LogP contribution is -2.30. The van der Waals surface area contributed by atoms with E-state index >= 15 is 0 Å². The maximum atomic E-state index is 12.2. The average Bonchev–Trinajstić information content (AvgIpc) is 2.49. The number of nitrogens with zero attached hydrogens (tertiary/aromatic N) is 1. The van der Waals surface area contributed by atoms with Gasteiger partial charge in [-0.25, -0.2) is 0 Å². The summed E-state index contributed by atoms with van der Waals surface area (Å²) in [5.41, 5.74) is 2.54. The van der Waals surface area contributed by atoms with Gasteiger partial charge < -0.3 is 25.6 Å². The second-order valence-electron chi connectivity index (χ2n) is 5.25. The Bertz CT molecular complexity index is 477. The SMILES string of the molecule is CN(C)CCOCCNC(=O)c1cccc2c1NCCN2. The number of likely N-dealkylation sites (N-methyl/N-ethyl adjacent to an activating group) is 1. The molecule has 0 bridgehead atoms. The van der Waals surface area contributed by atoms with Crippen LogP contribution in [-0.4, -0.2) is 64.3 Å². The molecule has 0 saturated heterocycles. The first-order valence-corrected chi connectivity index (χ1v) is 7.30. The smallest absolute Gasteiger partial charge is 0.253 e. The number of fused-ring (bicyclic) bond motifs is 1. The molecule has 1 aromatic rings. The predicted octanol–water partition coefficient (Wildman–Crippen LogP) is 0.832. The van der Waals surface area contributed by atoms with E-state index in [0.29, 0.717) is 25.3 Å². The lowest BCUT2D eigenvalue weighted by atomic mass is 10.1. The largest absolute Gasteiger partial charge is 0.382 e. The Morgan fingerprint density at radius 1 is 1.29 bits per heavy atom. The van der Waals surface area contributed by atoms with Gasteiger partial charge in [0.15, 0.2) is 0 Å². The molecule has 0 unspecified atom stereocenters. The van der Waals surface area contributed by atoms with Gasteiger partial charge in [0.25, 0.3) is 5.91 Å². The van der Waals surface area contributed by atoms with Crippen LogP contribution in [0.25, 0.3) is 0 Å². The standard InChI is InChI=1S/C15H24N4O2/c1-19(2)9-11-21-10-8-18-15(20)12-4-3-5-13-14(12)17-7-6-16-13/h3-5,16-17H,6-11H2,1-2H3,(H,18,20). The van der Waals surface area contributed by atoms with Gasteiger partial charge in [-0.3, -0.25) is 4.79 Å². The highest BCUT2D eigenvalue weighted by Gasteiger charge is 2.16. The summed E-state index contributed by atoms with van der Waals surface area (Å²) in [7, 11) is 4.01. The third-order valence-corrected chi connectivity index (χ3v) is 3.27. The molecule has 1 aliphatic rings. The monoisotopic (exact) mass is 292 g/mol. The van der Waals surface area contributed by atoms with Gasteiger partial charge in [0.1, 0.15) is 0 Å². The Labute approximate surface area is 125 Å². The van der Waals surface area contributed by atoms with Crippen LogP contribution in [0.1, 0.15) is 10.4 Å². The zero-order chi connectivity index (χ0) is 15.1. The number of ether oxygens (including phenoxy) is 1. The highest BCUT2D eigenvalue weighted by atomic mass is 16.5. The molecule has 0 saturated carbocycles. The quantitative estimate of drug-likeness (QED) is 0.650. The topological polar surface area (TPSA) is 65.6 Å². The molecule has 6 nitrogen and oxygen atoms in total. The maximum absolute atomic E-state index is 12.2. The molecule has 0 radical (unpaired) electrons. The second-order valence-corrected chi connectivity index (χ2v) is 5.25. The Morgan fingerprint density at radius 3 is 2.90 bits per heavy atom. The van der Waals surface area contributed by atoms with E-state index in [4.69, 9.17) is 4.74 Å². The van der Waals surface area contributed by atoms with Crippen molar-refractivity contribution in [1.29, 1.82) is 0 Å². The van der Waals surface area contributed by atoms with E-state index < -0.39 is 0 Å². The molecule has 3 N–H and O–H groups in total. The second kappa shape index (κ2) is 7.85. The van der Waals surface area contributed by atoms with Crippen molar-refractivity contribution in [3.8, 4) is 0 Å². The number of para-hydroxylation sites is 1. The van der Waals surface area contributed by atoms with Crippen LogP contribution >= 0.6 is 0 Å². The zero-order valence-electron chi connectivity index (χ0n) is 12.7. The lowest BCUT2D eigenvalue weighted by molar-refractivity contribution is 0.0901. The molecule has 1 aliphatic heterocycles. The van der Waals surface area contributed by atoms with Crippen LogP contribution in [0.15, 0.2) is 18.2 Å². The van der Waals surface area contributed by atoms with E-state index in [2.05, 4.69) is 20.9 Å². The summed E-state index contributed by atoms with van der Waals surface area (Å²) in [6, 6.07) is 5.70. The molecular formula is C15H24N4O2. The lowest BCUT2D eigenvalue weighted by Gasteiger charge is -2.22. The summed E-state index contributed by atoms with van der Waals surface area (Å²) in [5.74, 6) is -0.0701. The molecule has 1 heterocycles. The van der Waals surface area contributed by atoms with Gasteiger partial charge in [0.2, 0.25) is 0 Å². The minimum atomic E-state index is -0.0701. The normalized spacial score (nSPS) is 13.3. The highest BCUT2D eigenvalue weighted by molar-refractivity contribution is 6.02. The fraction of sp³-hybridized carbons (Fsp3) is 0.533. The first-order chi connectivity index (χ1) is 10.2. The molecule has 116 valence electrons. The number of rotatable bonds is 7. The van der Waals surface area contributed by atoms with Crippen LogP contribution in [0.4, 0.5) is 11.4 Å². The molecular weight excluding hydrogens is 268 g/mol. The molecule has 0 aromatic heterocycles. The summed E-state index contributed by atoms with van der Waals surface area (Å²) >= 11 is 0. The number of carbonyl (C=O) groups excluding carboxylic acids is 1. The number of benzene rings is 1.